The smallest absolute Gasteiger partial charge is 0.234 e. The predicted molar refractivity (Wildman–Crippen MR) is 92.0 cm³/mol. The summed E-state index contributed by atoms with van der Waals surface area (Å²) in [6.45, 7) is 0. The van der Waals surface area contributed by atoms with Gasteiger partial charge >= 0.3 is 0 Å². The lowest BCUT2D eigenvalue weighted by molar-refractivity contribution is -0.118. The van der Waals surface area contributed by atoms with Crippen molar-refractivity contribution in [3.05, 3.63) is 34.6 Å². The van der Waals surface area contributed by atoms with Gasteiger partial charge in [-0.3, -0.25) is 9.59 Å². The molecule has 0 atom stereocenters. The molecule has 2 rings (SSSR count). The molecule has 7 nitrogen and oxygen atoms in total. The van der Waals surface area contributed by atoms with Crippen LogP contribution >= 0.6 is 27.7 Å². The fourth-order valence-corrected chi connectivity index (χ4v) is 2.92. The molecule has 0 bridgehead atoms. The van der Waals surface area contributed by atoms with Gasteiger partial charge in [0, 0.05) is 24.4 Å². The monoisotopic (exact) mass is 397 g/mol. The van der Waals surface area contributed by atoms with Crippen LogP contribution in [0.4, 0.5) is 5.69 Å². The number of benzene rings is 1. The molecule has 1 aromatic heterocycles. The first kappa shape index (κ1) is 17.5. The van der Waals surface area contributed by atoms with Gasteiger partial charge in [-0.05, 0) is 28.1 Å². The van der Waals surface area contributed by atoms with Gasteiger partial charge in [-0.15, -0.1) is 10.2 Å². The van der Waals surface area contributed by atoms with E-state index in [1.54, 1.807) is 11.6 Å². The highest BCUT2D eigenvalue weighted by molar-refractivity contribution is 9.10. The summed E-state index contributed by atoms with van der Waals surface area (Å²) in [6.07, 6.45) is 0.654. The van der Waals surface area contributed by atoms with E-state index in [1.165, 1.54) is 11.8 Å². The van der Waals surface area contributed by atoms with Gasteiger partial charge in [-0.1, -0.05) is 23.9 Å². The Hall–Kier alpha value is -1.87. The third-order valence-corrected chi connectivity index (χ3v) is 4.71. The zero-order valence-electron chi connectivity index (χ0n) is 12.5. The summed E-state index contributed by atoms with van der Waals surface area (Å²) in [5.74, 6) is 0.361. The van der Waals surface area contributed by atoms with Crippen molar-refractivity contribution in [2.24, 2.45) is 12.8 Å². The molecule has 0 fully saturated rings. The van der Waals surface area contributed by atoms with Gasteiger partial charge in [0.25, 0.3) is 0 Å². The van der Waals surface area contributed by atoms with Crippen LogP contribution in [0.1, 0.15) is 12.2 Å². The van der Waals surface area contributed by atoms with Gasteiger partial charge in [0.05, 0.1) is 11.4 Å². The molecule has 0 unspecified atom stereocenters. The Bertz CT molecular complexity index is 719. The summed E-state index contributed by atoms with van der Waals surface area (Å²) in [5, 5.41) is 11.5. The summed E-state index contributed by atoms with van der Waals surface area (Å²) in [4.78, 5) is 22.8. The lowest BCUT2D eigenvalue weighted by Crippen LogP contribution is -2.15. The number of rotatable bonds is 7. The molecular formula is C14H16BrN5O2S. The van der Waals surface area contributed by atoms with Crippen molar-refractivity contribution in [2.75, 3.05) is 11.1 Å². The molecule has 0 saturated heterocycles. The van der Waals surface area contributed by atoms with Crippen LogP contribution in [-0.2, 0) is 23.1 Å². The largest absolute Gasteiger partial charge is 0.370 e. The Morgan fingerprint density at radius 2 is 2.09 bits per heavy atom. The van der Waals surface area contributed by atoms with Crippen molar-refractivity contribution in [2.45, 2.75) is 18.0 Å². The minimum absolute atomic E-state index is 0.136. The molecule has 0 radical (unpaired) electrons. The van der Waals surface area contributed by atoms with Crippen molar-refractivity contribution in [3.63, 3.8) is 0 Å². The van der Waals surface area contributed by atoms with Gasteiger partial charge in [-0.25, -0.2) is 0 Å². The Kier molecular flexibility index (Phi) is 6.17. The Balaban J connectivity index is 1.89. The molecule has 0 spiro atoms. The number of para-hydroxylation sites is 1. The van der Waals surface area contributed by atoms with E-state index in [0.717, 1.165) is 10.2 Å². The average molecular weight is 398 g/mol. The van der Waals surface area contributed by atoms with Crippen LogP contribution in [0.25, 0.3) is 0 Å². The number of amides is 2. The maximum Gasteiger partial charge on any atom is 0.234 e. The number of aryl methyl sites for hydroxylation is 1. The first-order valence-corrected chi connectivity index (χ1v) is 8.59. The zero-order chi connectivity index (χ0) is 16.8. The van der Waals surface area contributed by atoms with Crippen LogP contribution in [0.3, 0.4) is 0 Å². The summed E-state index contributed by atoms with van der Waals surface area (Å²) in [7, 11) is 1.80. The van der Waals surface area contributed by atoms with Crippen molar-refractivity contribution in [1.29, 1.82) is 0 Å². The van der Waals surface area contributed by atoms with E-state index < -0.39 is 0 Å². The van der Waals surface area contributed by atoms with Crippen molar-refractivity contribution < 1.29 is 9.59 Å². The molecule has 9 heteroatoms. The molecule has 2 amide bonds. The quantitative estimate of drug-likeness (QED) is 0.692. The third kappa shape index (κ3) is 5.07. The van der Waals surface area contributed by atoms with E-state index in [0.29, 0.717) is 17.4 Å². The summed E-state index contributed by atoms with van der Waals surface area (Å²) >= 11 is 4.66. The number of primary amides is 1. The highest BCUT2D eigenvalue weighted by Crippen LogP contribution is 2.22. The van der Waals surface area contributed by atoms with Crippen LogP contribution in [0.15, 0.2) is 33.9 Å². The maximum atomic E-state index is 12.0. The summed E-state index contributed by atoms with van der Waals surface area (Å²) in [6, 6.07) is 7.40. The molecule has 1 aromatic carbocycles. The number of nitrogens with zero attached hydrogens (tertiary/aromatic N) is 3. The van der Waals surface area contributed by atoms with Crippen molar-refractivity contribution in [3.8, 4) is 0 Å². The molecule has 2 aromatic rings. The van der Waals surface area contributed by atoms with Crippen LogP contribution in [-0.4, -0.2) is 32.3 Å². The fraction of sp³-hybridized carbons (Fsp3) is 0.286. The second-order valence-electron chi connectivity index (χ2n) is 4.74. The first-order chi connectivity index (χ1) is 11.0. The number of nitrogens with one attached hydrogen (secondary N) is 1. The second kappa shape index (κ2) is 8.11. The second-order valence-corrected chi connectivity index (χ2v) is 6.54. The van der Waals surface area contributed by atoms with Gasteiger partial charge in [0.1, 0.15) is 5.82 Å². The molecule has 0 aliphatic carbocycles. The predicted octanol–water partition coefficient (Wildman–Crippen LogP) is 1.73. The average Bonchev–Trinajstić information content (AvgIpc) is 2.86. The number of hydrogen-bond acceptors (Lipinski definition) is 5. The molecule has 0 aliphatic rings. The zero-order valence-corrected chi connectivity index (χ0v) is 14.9. The molecule has 1 heterocycles. The Morgan fingerprint density at radius 1 is 1.35 bits per heavy atom. The van der Waals surface area contributed by atoms with E-state index in [2.05, 4.69) is 31.4 Å². The number of anilines is 1. The number of carbonyl (C=O) groups excluding carboxylic acids is 2. The van der Waals surface area contributed by atoms with E-state index in [1.807, 2.05) is 24.3 Å². The van der Waals surface area contributed by atoms with Crippen LogP contribution in [0.2, 0.25) is 0 Å². The maximum absolute atomic E-state index is 12.0. The number of nitrogens with two attached hydrogens (primary N) is 1. The van der Waals surface area contributed by atoms with E-state index >= 15 is 0 Å². The first-order valence-electron chi connectivity index (χ1n) is 6.81. The lowest BCUT2D eigenvalue weighted by atomic mass is 10.3. The highest BCUT2D eigenvalue weighted by atomic mass is 79.9. The Labute approximate surface area is 146 Å². The van der Waals surface area contributed by atoms with Crippen molar-refractivity contribution in [1.82, 2.24) is 14.8 Å². The highest BCUT2D eigenvalue weighted by Gasteiger charge is 2.12. The molecule has 0 aliphatic heterocycles. The minimum Gasteiger partial charge on any atom is -0.370 e. The number of aromatic nitrogens is 3. The number of thioether (sulfide) groups is 1. The summed E-state index contributed by atoms with van der Waals surface area (Å²) < 4.78 is 2.59. The van der Waals surface area contributed by atoms with Crippen LogP contribution < -0.4 is 11.1 Å². The van der Waals surface area contributed by atoms with E-state index in [4.69, 9.17) is 5.73 Å². The molecule has 122 valence electrons. The lowest BCUT2D eigenvalue weighted by Gasteiger charge is -2.07. The number of halogens is 1. The van der Waals surface area contributed by atoms with Crippen LogP contribution in [0.5, 0.6) is 0 Å². The van der Waals surface area contributed by atoms with Gasteiger partial charge in [0.2, 0.25) is 11.8 Å². The van der Waals surface area contributed by atoms with Crippen molar-refractivity contribution >= 4 is 45.2 Å². The molecule has 0 saturated carbocycles. The third-order valence-electron chi connectivity index (χ3n) is 3.00. The standard InChI is InChI=1S/C14H16BrN5O2S/c1-20-12(7-6-11(16)21)18-19-14(20)23-8-13(22)17-10-5-3-2-4-9(10)15/h2-5H,6-8H2,1H3,(H2,16,21)(H,17,22). The topological polar surface area (TPSA) is 103 Å². The molecule has 3 N–H and O–H groups in total. The van der Waals surface area contributed by atoms with E-state index in [9.17, 15) is 9.59 Å². The SMILES string of the molecule is Cn1c(CCC(N)=O)nnc1SCC(=O)Nc1ccccc1Br. The van der Waals surface area contributed by atoms with E-state index in [-0.39, 0.29) is 24.0 Å². The van der Waals surface area contributed by atoms with Crippen LogP contribution in [0, 0.1) is 0 Å². The Morgan fingerprint density at radius 3 is 2.78 bits per heavy atom. The van der Waals surface area contributed by atoms with Gasteiger partial charge in [0.15, 0.2) is 5.16 Å². The fourth-order valence-electron chi connectivity index (χ4n) is 1.80. The molecular weight excluding hydrogens is 382 g/mol. The number of carbonyl (C=O) groups is 2. The number of hydrogen-bond donors (Lipinski definition) is 2. The normalized spacial score (nSPS) is 10.5. The summed E-state index contributed by atoms with van der Waals surface area (Å²) in [5.41, 5.74) is 5.84. The minimum atomic E-state index is -0.380. The van der Waals surface area contributed by atoms with Gasteiger partial charge < -0.3 is 15.6 Å². The molecule has 23 heavy (non-hydrogen) atoms. The van der Waals surface area contributed by atoms with Gasteiger partial charge in [-0.2, -0.15) is 0 Å².